The van der Waals surface area contributed by atoms with Gasteiger partial charge in [0.15, 0.2) is 0 Å². The highest BCUT2D eigenvalue weighted by Crippen LogP contribution is 2.34. The molecule has 0 spiro atoms. The SMILES string of the molecule is O=C1c2ccc(F)cc2C(=O)N1C1CC1. The van der Waals surface area contributed by atoms with Crippen molar-refractivity contribution in [3.05, 3.63) is 35.1 Å². The van der Waals surface area contributed by atoms with Crippen molar-refractivity contribution in [2.75, 3.05) is 0 Å². The van der Waals surface area contributed by atoms with Gasteiger partial charge in [0.25, 0.3) is 11.8 Å². The van der Waals surface area contributed by atoms with E-state index in [1.165, 1.54) is 17.0 Å². The summed E-state index contributed by atoms with van der Waals surface area (Å²) in [5.74, 6) is -1.11. The summed E-state index contributed by atoms with van der Waals surface area (Å²) < 4.78 is 12.9. The third-order valence-electron chi connectivity index (χ3n) is 2.79. The molecule has 0 N–H and O–H groups in total. The maximum Gasteiger partial charge on any atom is 0.261 e. The molecule has 3 nitrogen and oxygen atoms in total. The molecule has 4 heteroatoms. The van der Waals surface area contributed by atoms with Crippen LogP contribution in [0.3, 0.4) is 0 Å². The zero-order chi connectivity index (χ0) is 10.6. The number of rotatable bonds is 1. The minimum atomic E-state index is -0.479. The molecule has 1 heterocycles. The van der Waals surface area contributed by atoms with Gasteiger partial charge in [0.2, 0.25) is 0 Å². The van der Waals surface area contributed by atoms with Crippen LogP contribution in [0.4, 0.5) is 4.39 Å². The maximum absolute atomic E-state index is 12.9. The van der Waals surface area contributed by atoms with Crippen LogP contribution in [0.25, 0.3) is 0 Å². The summed E-state index contributed by atoms with van der Waals surface area (Å²) in [5.41, 5.74) is 0.528. The summed E-state index contributed by atoms with van der Waals surface area (Å²) in [5, 5.41) is 0. The summed E-state index contributed by atoms with van der Waals surface area (Å²) >= 11 is 0. The Labute approximate surface area is 85.5 Å². The van der Waals surface area contributed by atoms with Gasteiger partial charge in [0.05, 0.1) is 11.1 Å². The van der Waals surface area contributed by atoms with Gasteiger partial charge in [-0.3, -0.25) is 14.5 Å². The molecule has 0 saturated heterocycles. The number of amides is 2. The summed E-state index contributed by atoms with van der Waals surface area (Å²) in [6.45, 7) is 0. The molecule has 1 aromatic rings. The van der Waals surface area contributed by atoms with Crippen molar-refractivity contribution in [1.29, 1.82) is 0 Å². The molecule has 2 amide bonds. The van der Waals surface area contributed by atoms with E-state index in [2.05, 4.69) is 0 Å². The Morgan fingerprint density at radius 3 is 2.47 bits per heavy atom. The molecule has 0 radical (unpaired) electrons. The number of nitrogens with zero attached hydrogens (tertiary/aromatic N) is 1. The Hall–Kier alpha value is -1.71. The normalized spacial score (nSPS) is 19.7. The highest BCUT2D eigenvalue weighted by Gasteiger charge is 2.44. The van der Waals surface area contributed by atoms with Crippen LogP contribution in [-0.2, 0) is 0 Å². The summed E-state index contributed by atoms with van der Waals surface area (Å²) in [4.78, 5) is 24.8. The molecule has 1 aromatic carbocycles. The van der Waals surface area contributed by atoms with Crippen LogP contribution >= 0.6 is 0 Å². The largest absolute Gasteiger partial charge is 0.271 e. The van der Waals surface area contributed by atoms with Gasteiger partial charge < -0.3 is 0 Å². The fraction of sp³-hybridized carbons (Fsp3) is 0.273. The van der Waals surface area contributed by atoms with Gasteiger partial charge in [-0.2, -0.15) is 0 Å². The first-order valence-corrected chi connectivity index (χ1v) is 4.86. The standard InChI is InChI=1S/C11H8FNO2/c12-6-1-4-8-9(5-6)11(15)13(10(8)14)7-2-3-7/h1,4-5,7H,2-3H2. The molecule has 1 fully saturated rings. The highest BCUT2D eigenvalue weighted by molar-refractivity contribution is 6.21. The first kappa shape index (κ1) is 8.59. The Kier molecular flexibility index (Phi) is 1.52. The molecule has 1 aliphatic carbocycles. The number of fused-ring (bicyclic) bond motifs is 1. The van der Waals surface area contributed by atoms with Gasteiger partial charge in [0.1, 0.15) is 5.82 Å². The Bertz CT molecular complexity index is 479. The predicted molar refractivity (Wildman–Crippen MR) is 49.9 cm³/mol. The van der Waals surface area contributed by atoms with E-state index in [0.717, 1.165) is 18.9 Å². The smallest absolute Gasteiger partial charge is 0.261 e. The number of halogens is 1. The Morgan fingerprint density at radius 2 is 1.80 bits per heavy atom. The molecule has 0 unspecified atom stereocenters. The van der Waals surface area contributed by atoms with Gasteiger partial charge in [-0.1, -0.05) is 0 Å². The van der Waals surface area contributed by atoms with Crippen molar-refractivity contribution < 1.29 is 14.0 Å². The lowest BCUT2D eigenvalue weighted by Gasteiger charge is -2.11. The molecule has 1 saturated carbocycles. The number of imide groups is 1. The van der Waals surface area contributed by atoms with Gasteiger partial charge in [0, 0.05) is 6.04 Å². The first-order chi connectivity index (χ1) is 7.18. The lowest BCUT2D eigenvalue weighted by molar-refractivity contribution is 0.0642. The number of hydrogen-bond donors (Lipinski definition) is 0. The van der Waals surface area contributed by atoms with Crippen molar-refractivity contribution in [3.8, 4) is 0 Å². The van der Waals surface area contributed by atoms with E-state index in [1.54, 1.807) is 0 Å². The second kappa shape index (κ2) is 2.66. The van der Waals surface area contributed by atoms with Crippen molar-refractivity contribution in [2.24, 2.45) is 0 Å². The van der Waals surface area contributed by atoms with Crippen LogP contribution in [0.5, 0.6) is 0 Å². The Balaban J connectivity index is 2.12. The third-order valence-corrected chi connectivity index (χ3v) is 2.79. The second-order valence-corrected chi connectivity index (χ2v) is 3.90. The third kappa shape index (κ3) is 1.11. The van der Waals surface area contributed by atoms with E-state index in [0.29, 0.717) is 5.56 Å². The first-order valence-electron chi connectivity index (χ1n) is 4.86. The molecule has 3 rings (SSSR count). The zero-order valence-corrected chi connectivity index (χ0v) is 7.87. The van der Waals surface area contributed by atoms with Crippen LogP contribution in [0, 0.1) is 5.82 Å². The molecule has 0 aromatic heterocycles. The topological polar surface area (TPSA) is 37.4 Å². The average Bonchev–Trinajstić information content (AvgIpc) is 2.98. The van der Waals surface area contributed by atoms with Crippen molar-refractivity contribution in [1.82, 2.24) is 4.90 Å². The molecule has 2 aliphatic rings. The monoisotopic (exact) mass is 205 g/mol. The van der Waals surface area contributed by atoms with Gasteiger partial charge in [-0.05, 0) is 31.0 Å². The lowest BCUT2D eigenvalue weighted by atomic mass is 10.1. The van der Waals surface area contributed by atoms with Crippen LogP contribution in [0.15, 0.2) is 18.2 Å². The molecule has 0 atom stereocenters. The minimum Gasteiger partial charge on any atom is -0.271 e. The fourth-order valence-corrected chi connectivity index (χ4v) is 1.90. The van der Waals surface area contributed by atoms with Crippen LogP contribution in [0.1, 0.15) is 33.6 Å². The van der Waals surface area contributed by atoms with Gasteiger partial charge >= 0.3 is 0 Å². The summed E-state index contributed by atoms with van der Waals surface area (Å²) in [6, 6.07) is 3.77. The summed E-state index contributed by atoms with van der Waals surface area (Å²) in [7, 11) is 0. The van der Waals surface area contributed by atoms with E-state index in [1.807, 2.05) is 0 Å². The minimum absolute atomic E-state index is 0.0421. The maximum atomic E-state index is 12.9. The molecular weight excluding hydrogens is 197 g/mol. The zero-order valence-electron chi connectivity index (χ0n) is 7.87. The highest BCUT2D eigenvalue weighted by atomic mass is 19.1. The van der Waals surface area contributed by atoms with E-state index < -0.39 is 5.82 Å². The molecule has 76 valence electrons. The molecule has 15 heavy (non-hydrogen) atoms. The summed E-state index contributed by atoms with van der Waals surface area (Å²) in [6.07, 6.45) is 1.74. The predicted octanol–water partition coefficient (Wildman–Crippen LogP) is 1.58. The van der Waals surface area contributed by atoms with Crippen molar-refractivity contribution >= 4 is 11.8 Å². The van der Waals surface area contributed by atoms with Crippen molar-refractivity contribution in [2.45, 2.75) is 18.9 Å². The quantitative estimate of drug-likeness (QED) is 0.653. The van der Waals surface area contributed by atoms with Gasteiger partial charge in [-0.25, -0.2) is 4.39 Å². The average molecular weight is 205 g/mol. The van der Waals surface area contributed by atoms with Crippen LogP contribution in [-0.4, -0.2) is 22.8 Å². The Morgan fingerprint density at radius 1 is 1.13 bits per heavy atom. The second-order valence-electron chi connectivity index (χ2n) is 3.90. The number of benzene rings is 1. The number of carbonyl (C=O) groups is 2. The van der Waals surface area contributed by atoms with E-state index in [9.17, 15) is 14.0 Å². The van der Waals surface area contributed by atoms with E-state index in [-0.39, 0.29) is 23.4 Å². The lowest BCUT2D eigenvalue weighted by Crippen LogP contribution is -2.31. The molecule has 1 aliphatic heterocycles. The van der Waals surface area contributed by atoms with E-state index in [4.69, 9.17) is 0 Å². The van der Waals surface area contributed by atoms with Crippen LogP contribution in [0.2, 0.25) is 0 Å². The fourth-order valence-electron chi connectivity index (χ4n) is 1.90. The van der Waals surface area contributed by atoms with Gasteiger partial charge in [-0.15, -0.1) is 0 Å². The number of hydrogen-bond acceptors (Lipinski definition) is 2. The van der Waals surface area contributed by atoms with Crippen molar-refractivity contribution in [3.63, 3.8) is 0 Å². The molecule has 0 bridgehead atoms. The number of carbonyl (C=O) groups excluding carboxylic acids is 2. The van der Waals surface area contributed by atoms with Crippen LogP contribution < -0.4 is 0 Å². The molecular formula is C11H8FNO2. The van der Waals surface area contributed by atoms with E-state index >= 15 is 0 Å².